The van der Waals surface area contributed by atoms with Crippen molar-refractivity contribution in [2.24, 2.45) is 0 Å². The third-order valence-electron chi connectivity index (χ3n) is 4.44. The Bertz CT molecular complexity index is 1060. The molecule has 1 aliphatic rings. The second-order valence-electron chi connectivity index (χ2n) is 7.20. The lowest BCUT2D eigenvalue weighted by molar-refractivity contribution is 0.0736. The van der Waals surface area contributed by atoms with Crippen molar-refractivity contribution in [3.8, 4) is 5.75 Å². The summed E-state index contributed by atoms with van der Waals surface area (Å²) in [7, 11) is 0. The SMILES string of the molecule is CC(C)(O)c1cccc(Cn2cc(/C=C3\COc4ccccc4C3=O)nn2)n1. The zero-order valence-corrected chi connectivity index (χ0v) is 15.7. The van der Waals surface area contributed by atoms with Gasteiger partial charge in [0.25, 0.3) is 0 Å². The van der Waals surface area contributed by atoms with Crippen LogP contribution in [0.4, 0.5) is 0 Å². The van der Waals surface area contributed by atoms with Crippen LogP contribution >= 0.6 is 0 Å². The molecule has 0 fully saturated rings. The van der Waals surface area contributed by atoms with Gasteiger partial charge in [0.2, 0.25) is 0 Å². The van der Waals surface area contributed by atoms with E-state index in [1.807, 2.05) is 24.3 Å². The van der Waals surface area contributed by atoms with Crippen molar-refractivity contribution < 1.29 is 14.6 Å². The molecule has 0 unspecified atom stereocenters. The largest absolute Gasteiger partial charge is 0.488 e. The Morgan fingerprint density at radius 1 is 1.21 bits per heavy atom. The Morgan fingerprint density at radius 2 is 2.04 bits per heavy atom. The topological polar surface area (TPSA) is 90.1 Å². The molecule has 0 aliphatic carbocycles. The van der Waals surface area contributed by atoms with Crippen LogP contribution in [0.3, 0.4) is 0 Å². The normalized spacial score (nSPS) is 15.4. The van der Waals surface area contributed by atoms with E-state index in [0.717, 1.165) is 5.69 Å². The molecule has 0 bridgehead atoms. The van der Waals surface area contributed by atoms with Crippen LogP contribution in [0.1, 0.15) is 41.3 Å². The van der Waals surface area contributed by atoms with Gasteiger partial charge in [0, 0.05) is 5.57 Å². The Morgan fingerprint density at radius 3 is 2.86 bits per heavy atom. The average Bonchev–Trinajstić information content (AvgIpc) is 3.11. The summed E-state index contributed by atoms with van der Waals surface area (Å²) in [6.45, 7) is 4.01. The summed E-state index contributed by atoms with van der Waals surface area (Å²) in [6.07, 6.45) is 3.45. The molecule has 1 aliphatic heterocycles. The van der Waals surface area contributed by atoms with E-state index in [9.17, 15) is 9.90 Å². The minimum atomic E-state index is -1.01. The van der Waals surface area contributed by atoms with Gasteiger partial charge in [0.05, 0.1) is 29.7 Å². The van der Waals surface area contributed by atoms with E-state index in [4.69, 9.17) is 4.74 Å². The summed E-state index contributed by atoms with van der Waals surface area (Å²) < 4.78 is 7.29. The number of aromatic nitrogens is 4. The molecule has 0 saturated heterocycles. The van der Waals surface area contributed by atoms with Gasteiger partial charge < -0.3 is 9.84 Å². The fraction of sp³-hybridized carbons (Fsp3) is 0.238. The van der Waals surface area contributed by atoms with Crippen LogP contribution < -0.4 is 4.74 Å². The number of carbonyl (C=O) groups excluding carboxylic acids is 1. The van der Waals surface area contributed by atoms with Crippen molar-refractivity contribution in [2.75, 3.05) is 6.61 Å². The summed E-state index contributed by atoms with van der Waals surface area (Å²) >= 11 is 0. The molecular weight excluding hydrogens is 356 g/mol. The van der Waals surface area contributed by atoms with Crippen molar-refractivity contribution in [3.05, 3.63) is 76.9 Å². The molecule has 4 rings (SSSR count). The number of aliphatic hydroxyl groups is 1. The van der Waals surface area contributed by atoms with E-state index >= 15 is 0 Å². The van der Waals surface area contributed by atoms with Crippen molar-refractivity contribution in [1.82, 2.24) is 20.0 Å². The highest BCUT2D eigenvalue weighted by Crippen LogP contribution is 2.27. The van der Waals surface area contributed by atoms with Gasteiger partial charge in [0.1, 0.15) is 23.7 Å². The van der Waals surface area contributed by atoms with E-state index in [0.29, 0.717) is 34.8 Å². The van der Waals surface area contributed by atoms with Crippen molar-refractivity contribution in [1.29, 1.82) is 0 Å². The number of Topliss-reactive ketones (excluding diaryl/α,β-unsaturated/α-hetero) is 1. The summed E-state index contributed by atoms with van der Waals surface area (Å²) in [4.78, 5) is 17.1. The number of benzene rings is 1. The molecule has 28 heavy (non-hydrogen) atoms. The van der Waals surface area contributed by atoms with Crippen LogP contribution in [0, 0.1) is 0 Å². The molecule has 7 heteroatoms. The van der Waals surface area contributed by atoms with Crippen LogP contribution in [0.15, 0.2) is 54.2 Å². The molecule has 0 radical (unpaired) electrons. The molecule has 0 atom stereocenters. The van der Waals surface area contributed by atoms with Crippen molar-refractivity contribution >= 4 is 11.9 Å². The first-order valence-electron chi connectivity index (χ1n) is 8.96. The Balaban J connectivity index is 1.53. The molecule has 1 N–H and O–H groups in total. The molecule has 3 heterocycles. The number of hydrogen-bond acceptors (Lipinski definition) is 6. The Kier molecular flexibility index (Phi) is 4.52. The van der Waals surface area contributed by atoms with Gasteiger partial charge in [-0.2, -0.15) is 0 Å². The van der Waals surface area contributed by atoms with E-state index in [1.165, 1.54) is 0 Å². The van der Waals surface area contributed by atoms with Crippen LogP contribution in [-0.2, 0) is 12.1 Å². The van der Waals surface area contributed by atoms with Crippen molar-refractivity contribution in [3.63, 3.8) is 0 Å². The smallest absolute Gasteiger partial charge is 0.196 e. The number of carbonyl (C=O) groups is 1. The highest BCUT2D eigenvalue weighted by atomic mass is 16.5. The predicted octanol–water partition coefficient (Wildman–Crippen LogP) is 2.61. The number of pyridine rings is 1. The monoisotopic (exact) mass is 376 g/mol. The van der Waals surface area contributed by atoms with E-state index in [-0.39, 0.29) is 12.4 Å². The summed E-state index contributed by atoms with van der Waals surface area (Å²) in [5.74, 6) is 0.544. The highest BCUT2D eigenvalue weighted by Gasteiger charge is 2.23. The molecule has 0 saturated carbocycles. The Labute approximate surface area is 162 Å². The predicted molar refractivity (Wildman–Crippen MR) is 103 cm³/mol. The van der Waals surface area contributed by atoms with E-state index in [1.54, 1.807) is 49.0 Å². The van der Waals surface area contributed by atoms with Gasteiger partial charge in [-0.25, -0.2) is 4.68 Å². The average molecular weight is 376 g/mol. The van der Waals surface area contributed by atoms with E-state index in [2.05, 4.69) is 15.3 Å². The second-order valence-corrected chi connectivity index (χ2v) is 7.20. The number of rotatable bonds is 4. The maximum Gasteiger partial charge on any atom is 0.196 e. The minimum Gasteiger partial charge on any atom is -0.488 e. The third kappa shape index (κ3) is 3.70. The number of ketones is 1. The van der Waals surface area contributed by atoms with E-state index < -0.39 is 5.60 Å². The van der Waals surface area contributed by atoms with Crippen LogP contribution in [-0.4, -0.2) is 37.5 Å². The minimum absolute atomic E-state index is 0.0593. The van der Waals surface area contributed by atoms with Crippen LogP contribution in [0.2, 0.25) is 0 Å². The van der Waals surface area contributed by atoms with Crippen LogP contribution in [0.25, 0.3) is 6.08 Å². The third-order valence-corrected chi connectivity index (χ3v) is 4.44. The lowest BCUT2D eigenvalue weighted by Crippen LogP contribution is -2.18. The van der Waals surface area contributed by atoms with Gasteiger partial charge in [-0.15, -0.1) is 5.10 Å². The fourth-order valence-electron chi connectivity index (χ4n) is 2.99. The summed E-state index contributed by atoms with van der Waals surface area (Å²) in [6, 6.07) is 12.7. The molecule has 7 nitrogen and oxygen atoms in total. The number of nitrogens with zero attached hydrogens (tertiary/aromatic N) is 4. The maximum atomic E-state index is 12.6. The standard InChI is InChI=1S/C21H20N4O3/c1-21(2,27)19-9-5-6-15(22-19)11-25-12-16(23-24-25)10-14-13-28-18-8-4-3-7-17(18)20(14)26/h3-10,12,27H,11,13H2,1-2H3/b14-10+. The first-order chi connectivity index (χ1) is 13.4. The molecule has 0 amide bonds. The van der Waals surface area contributed by atoms with Gasteiger partial charge in [-0.05, 0) is 44.2 Å². The molecule has 3 aromatic rings. The van der Waals surface area contributed by atoms with Crippen molar-refractivity contribution in [2.45, 2.75) is 26.0 Å². The quantitative estimate of drug-likeness (QED) is 0.704. The molecule has 1 aromatic carbocycles. The maximum absolute atomic E-state index is 12.6. The zero-order chi connectivity index (χ0) is 19.7. The number of ether oxygens (including phenoxy) is 1. The molecule has 2 aromatic heterocycles. The van der Waals surface area contributed by atoms with Gasteiger partial charge in [-0.1, -0.05) is 23.4 Å². The molecule has 0 spiro atoms. The lowest BCUT2D eigenvalue weighted by atomic mass is 10.00. The fourth-order valence-corrected chi connectivity index (χ4v) is 2.99. The zero-order valence-electron chi connectivity index (χ0n) is 15.7. The first-order valence-corrected chi connectivity index (χ1v) is 8.96. The number of fused-ring (bicyclic) bond motifs is 1. The van der Waals surface area contributed by atoms with Gasteiger partial charge in [0.15, 0.2) is 5.78 Å². The molecular formula is C21H20N4O3. The first kappa shape index (κ1) is 18.1. The van der Waals surface area contributed by atoms with Crippen LogP contribution in [0.5, 0.6) is 5.75 Å². The van der Waals surface area contributed by atoms with Gasteiger partial charge >= 0.3 is 0 Å². The number of hydrogen-bond donors (Lipinski definition) is 1. The second kappa shape index (κ2) is 7.01. The lowest BCUT2D eigenvalue weighted by Gasteiger charge is -2.18. The highest BCUT2D eigenvalue weighted by molar-refractivity contribution is 6.13. The summed E-state index contributed by atoms with van der Waals surface area (Å²) in [5, 5.41) is 18.3. The number of para-hydroxylation sites is 1. The van der Waals surface area contributed by atoms with Gasteiger partial charge in [-0.3, -0.25) is 9.78 Å². The molecule has 142 valence electrons. The Hall–Kier alpha value is -3.32. The summed E-state index contributed by atoms with van der Waals surface area (Å²) in [5.41, 5.74) is 2.01.